The van der Waals surface area contributed by atoms with E-state index < -0.39 is 0 Å². The summed E-state index contributed by atoms with van der Waals surface area (Å²) in [4.78, 5) is 15.0. The lowest BCUT2D eigenvalue weighted by molar-refractivity contribution is -0.138. The molecule has 4 rings (SSSR count). The highest BCUT2D eigenvalue weighted by atomic mass is 16.5. The molecule has 1 amide bonds. The first-order valence-electron chi connectivity index (χ1n) is 9.04. The summed E-state index contributed by atoms with van der Waals surface area (Å²) < 4.78 is 11.4. The van der Waals surface area contributed by atoms with Crippen molar-refractivity contribution in [2.45, 2.75) is 38.3 Å². The molecule has 2 atom stereocenters. The number of fused-ring (bicyclic) bond motifs is 1. The van der Waals surface area contributed by atoms with Crippen molar-refractivity contribution < 1.29 is 14.3 Å². The fourth-order valence-corrected chi connectivity index (χ4v) is 3.83. The number of carbonyl (C=O) groups excluding carboxylic acids is 1. The van der Waals surface area contributed by atoms with Gasteiger partial charge in [0.25, 0.3) is 5.91 Å². The predicted molar refractivity (Wildman–Crippen MR) is 95.9 cm³/mol. The number of hydrogen-bond acceptors (Lipinski definition) is 3. The molecule has 0 unspecified atom stereocenters. The van der Waals surface area contributed by atoms with Crippen LogP contribution in [0.2, 0.25) is 0 Å². The Hall–Kier alpha value is -2.49. The third-order valence-electron chi connectivity index (χ3n) is 5.03. The highest BCUT2D eigenvalue weighted by molar-refractivity contribution is 5.83. The maximum absolute atomic E-state index is 13.0. The predicted octanol–water partition coefficient (Wildman–Crippen LogP) is 3.75. The standard InChI is InChI=1S/C21H23NO3/c1-2-24-17-11-9-15(10-12-17)18-7-5-13-22(18)21(23)20-14-16-6-3-4-8-19(16)25-20/h3-4,6,8-12,18,20H,2,5,7,13-14H2,1H3/t18-,20-/m0/s1. The maximum Gasteiger partial charge on any atom is 0.264 e. The Labute approximate surface area is 148 Å². The van der Waals surface area contributed by atoms with Gasteiger partial charge in [-0.15, -0.1) is 0 Å². The third-order valence-corrected chi connectivity index (χ3v) is 5.03. The molecule has 0 spiro atoms. The Morgan fingerprint density at radius 2 is 2.00 bits per heavy atom. The number of ether oxygens (including phenoxy) is 2. The van der Waals surface area contributed by atoms with Crippen LogP contribution < -0.4 is 9.47 Å². The van der Waals surface area contributed by atoms with E-state index in [1.165, 1.54) is 5.56 Å². The van der Waals surface area contributed by atoms with Crippen LogP contribution in [0.1, 0.15) is 36.9 Å². The molecule has 1 fully saturated rings. The molecular weight excluding hydrogens is 314 g/mol. The van der Waals surface area contributed by atoms with E-state index in [-0.39, 0.29) is 18.1 Å². The number of hydrogen-bond donors (Lipinski definition) is 0. The van der Waals surface area contributed by atoms with Crippen molar-refractivity contribution in [3.8, 4) is 11.5 Å². The van der Waals surface area contributed by atoms with Gasteiger partial charge in [0.05, 0.1) is 12.6 Å². The van der Waals surface area contributed by atoms with E-state index in [0.717, 1.165) is 36.4 Å². The molecular formula is C21H23NO3. The Balaban J connectivity index is 1.49. The van der Waals surface area contributed by atoms with Crippen LogP contribution in [-0.4, -0.2) is 30.1 Å². The molecule has 0 radical (unpaired) electrons. The lowest BCUT2D eigenvalue weighted by Crippen LogP contribution is -2.40. The number of benzene rings is 2. The Bertz CT molecular complexity index is 731. The van der Waals surface area contributed by atoms with Crippen LogP contribution in [0.3, 0.4) is 0 Å². The minimum atomic E-state index is -0.388. The first-order valence-corrected chi connectivity index (χ1v) is 9.04. The fourth-order valence-electron chi connectivity index (χ4n) is 3.83. The Morgan fingerprint density at radius 1 is 1.20 bits per heavy atom. The minimum Gasteiger partial charge on any atom is -0.494 e. The van der Waals surface area contributed by atoms with E-state index in [4.69, 9.17) is 9.47 Å². The molecule has 2 heterocycles. The molecule has 2 aromatic carbocycles. The molecule has 0 saturated carbocycles. The number of nitrogens with zero attached hydrogens (tertiary/aromatic N) is 1. The number of carbonyl (C=O) groups is 1. The van der Waals surface area contributed by atoms with Crippen molar-refractivity contribution in [2.24, 2.45) is 0 Å². The van der Waals surface area contributed by atoms with Crippen molar-refractivity contribution in [1.29, 1.82) is 0 Å². The summed E-state index contributed by atoms with van der Waals surface area (Å²) in [6.07, 6.45) is 2.31. The molecule has 4 nitrogen and oxygen atoms in total. The average molecular weight is 337 g/mol. The second-order valence-corrected chi connectivity index (χ2v) is 6.61. The average Bonchev–Trinajstić information content (AvgIpc) is 3.29. The molecule has 0 aliphatic carbocycles. The fraction of sp³-hybridized carbons (Fsp3) is 0.381. The molecule has 25 heavy (non-hydrogen) atoms. The van der Waals surface area contributed by atoms with Crippen molar-refractivity contribution in [2.75, 3.05) is 13.2 Å². The van der Waals surface area contributed by atoms with Crippen LogP contribution in [0.5, 0.6) is 11.5 Å². The van der Waals surface area contributed by atoms with Gasteiger partial charge < -0.3 is 14.4 Å². The third kappa shape index (κ3) is 3.09. The summed E-state index contributed by atoms with van der Waals surface area (Å²) in [7, 11) is 0. The molecule has 0 bridgehead atoms. The van der Waals surface area contributed by atoms with E-state index in [9.17, 15) is 4.79 Å². The van der Waals surface area contributed by atoms with Crippen LogP contribution in [0.15, 0.2) is 48.5 Å². The molecule has 4 heteroatoms. The van der Waals surface area contributed by atoms with Gasteiger partial charge in [0, 0.05) is 13.0 Å². The number of para-hydroxylation sites is 1. The molecule has 1 saturated heterocycles. The van der Waals surface area contributed by atoms with Crippen LogP contribution in [0.25, 0.3) is 0 Å². The first-order chi connectivity index (χ1) is 12.3. The SMILES string of the molecule is CCOc1ccc([C@@H]2CCCN2C(=O)[C@@H]2Cc3ccccc3O2)cc1. The van der Waals surface area contributed by atoms with Crippen molar-refractivity contribution in [1.82, 2.24) is 4.90 Å². The van der Waals surface area contributed by atoms with Crippen molar-refractivity contribution >= 4 is 5.91 Å². The quantitative estimate of drug-likeness (QED) is 0.853. The summed E-state index contributed by atoms with van der Waals surface area (Å²) in [5.74, 6) is 1.82. The van der Waals surface area contributed by atoms with E-state index in [0.29, 0.717) is 13.0 Å². The topological polar surface area (TPSA) is 38.8 Å². The van der Waals surface area contributed by atoms with Crippen LogP contribution in [-0.2, 0) is 11.2 Å². The highest BCUT2D eigenvalue weighted by Crippen LogP contribution is 2.36. The summed E-state index contributed by atoms with van der Waals surface area (Å²) in [6, 6.07) is 16.2. The maximum atomic E-state index is 13.0. The van der Waals surface area contributed by atoms with Gasteiger partial charge in [0.1, 0.15) is 11.5 Å². The zero-order chi connectivity index (χ0) is 17.2. The summed E-state index contributed by atoms with van der Waals surface area (Å²) in [5.41, 5.74) is 2.29. The van der Waals surface area contributed by atoms with Crippen molar-refractivity contribution in [3.63, 3.8) is 0 Å². The largest absolute Gasteiger partial charge is 0.494 e. The summed E-state index contributed by atoms with van der Waals surface area (Å²) in [5, 5.41) is 0. The second kappa shape index (κ2) is 6.79. The van der Waals surface area contributed by atoms with Gasteiger partial charge in [-0.25, -0.2) is 0 Å². The van der Waals surface area contributed by atoms with Crippen LogP contribution in [0.4, 0.5) is 0 Å². The van der Waals surface area contributed by atoms with Gasteiger partial charge in [-0.2, -0.15) is 0 Å². The van der Waals surface area contributed by atoms with Crippen LogP contribution in [0, 0.1) is 0 Å². The first kappa shape index (κ1) is 16.0. The molecule has 2 aromatic rings. The lowest BCUT2D eigenvalue weighted by Gasteiger charge is -2.27. The molecule has 2 aliphatic rings. The lowest BCUT2D eigenvalue weighted by atomic mass is 10.0. The van der Waals surface area contributed by atoms with Gasteiger partial charge in [-0.3, -0.25) is 4.79 Å². The van der Waals surface area contributed by atoms with E-state index in [1.807, 2.05) is 48.2 Å². The van der Waals surface area contributed by atoms with Crippen LogP contribution >= 0.6 is 0 Å². The Morgan fingerprint density at radius 3 is 2.76 bits per heavy atom. The molecule has 0 N–H and O–H groups in total. The molecule has 130 valence electrons. The smallest absolute Gasteiger partial charge is 0.264 e. The zero-order valence-electron chi connectivity index (χ0n) is 14.5. The molecule has 0 aromatic heterocycles. The van der Waals surface area contributed by atoms with Gasteiger partial charge >= 0.3 is 0 Å². The van der Waals surface area contributed by atoms with Gasteiger partial charge in [-0.1, -0.05) is 30.3 Å². The monoisotopic (exact) mass is 337 g/mol. The summed E-state index contributed by atoms with van der Waals surface area (Å²) in [6.45, 7) is 3.44. The van der Waals surface area contributed by atoms with E-state index in [1.54, 1.807) is 0 Å². The van der Waals surface area contributed by atoms with Gasteiger partial charge in [-0.05, 0) is 49.1 Å². The van der Waals surface area contributed by atoms with E-state index >= 15 is 0 Å². The van der Waals surface area contributed by atoms with Gasteiger partial charge in [0.15, 0.2) is 6.10 Å². The number of rotatable bonds is 4. The highest BCUT2D eigenvalue weighted by Gasteiger charge is 2.37. The minimum absolute atomic E-state index is 0.104. The normalized spacial score (nSPS) is 21.7. The summed E-state index contributed by atoms with van der Waals surface area (Å²) >= 11 is 0. The number of likely N-dealkylation sites (tertiary alicyclic amines) is 1. The zero-order valence-corrected chi connectivity index (χ0v) is 14.5. The Kier molecular flexibility index (Phi) is 4.35. The number of amides is 1. The van der Waals surface area contributed by atoms with E-state index in [2.05, 4.69) is 12.1 Å². The van der Waals surface area contributed by atoms with Gasteiger partial charge in [0.2, 0.25) is 0 Å². The van der Waals surface area contributed by atoms with Crippen molar-refractivity contribution in [3.05, 3.63) is 59.7 Å². The molecule has 2 aliphatic heterocycles. The second-order valence-electron chi connectivity index (χ2n) is 6.61.